The molecule has 1 N–H and O–H groups in total. The first-order chi connectivity index (χ1) is 13.1. The normalized spacial score (nSPS) is 11.2. The molecule has 2 aromatic rings. The topological polar surface area (TPSA) is 49.4 Å². The van der Waals surface area contributed by atoms with E-state index in [1.807, 2.05) is 32.0 Å². The third kappa shape index (κ3) is 5.34. The van der Waals surface area contributed by atoms with Gasteiger partial charge in [0.15, 0.2) is 0 Å². The number of amides is 2. The second-order valence-electron chi connectivity index (χ2n) is 6.48. The summed E-state index contributed by atoms with van der Waals surface area (Å²) in [5, 5.41) is 2.57. The molecule has 2 rings (SSSR count). The number of anilines is 2. The van der Waals surface area contributed by atoms with Gasteiger partial charge in [0.2, 0.25) is 11.8 Å². The van der Waals surface area contributed by atoms with Crippen molar-refractivity contribution in [3.63, 3.8) is 0 Å². The number of benzene rings is 2. The molecule has 0 saturated heterocycles. The summed E-state index contributed by atoms with van der Waals surface area (Å²) in [6.07, 6.45) is -3.65. The Labute approximate surface area is 162 Å². The molecule has 0 bridgehead atoms. The van der Waals surface area contributed by atoms with E-state index >= 15 is 0 Å². The predicted molar refractivity (Wildman–Crippen MR) is 103 cm³/mol. The quantitative estimate of drug-likeness (QED) is 0.756. The van der Waals surface area contributed by atoms with Crippen molar-refractivity contribution in [3.05, 3.63) is 59.2 Å². The van der Waals surface area contributed by atoms with Crippen molar-refractivity contribution in [1.29, 1.82) is 0 Å². The summed E-state index contributed by atoms with van der Waals surface area (Å²) in [4.78, 5) is 25.9. The van der Waals surface area contributed by atoms with Crippen LogP contribution in [0.25, 0.3) is 0 Å². The Morgan fingerprint density at radius 3 is 2.25 bits per heavy atom. The molecule has 2 amide bonds. The molecular weight excluding hydrogens is 369 g/mol. The molecule has 0 unspecified atom stereocenters. The zero-order valence-electron chi connectivity index (χ0n) is 16.1. The van der Waals surface area contributed by atoms with Crippen molar-refractivity contribution in [3.8, 4) is 0 Å². The van der Waals surface area contributed by atoms with Crippen LogP contribution in [0, 0.1) is 6.92 Å². The molecule has 0 aliphatic rings. The van der Waals surface area contributed by atoms with Crippen LogP contribution < -0.4 is 10.2 Å². The lowest BCUT2D eigenvalue weighted by atomic mass is 10.0. The van der Waals surface area contributed by atoms with Crippen molar-refractivity contribution in [2.24, 2.45) is 0 Å². The molecule has 0 spiro atoms. The largest absolute Gasteiger partial charge is 0.416 e. The van der Waals surface area contributed by atoms with Crippen molar-refractivity contribution >= 4 is 23.2 Å². The fourth-order valence-corrected chi connectivity index (χ4v) is 3.00. The van der Waals surface area contributed by atoms with Crippen LogP contribution in [0.2, 0.25) is 0 Å². The van der Waals surface area contributed by atoms with E-state index in [0.717, 1.165) is 35.4 Å². The second-order valence-corrected chi connectivity index (χ2v) is 6.48. The van der Waals surface area contributed by atoms with Crippen molar-refractivity contribution < 1.29 is 22.8 Å². The van der Waals surface area contributed by atoms with Crippen molar-refractivity contribution in [2.75, 3.05) is 16.8 Å². The summed E-state index contributed by atoms with van der Waals surface area (Å²) in [5.41, 5.74) is 2.26. The highest BCUT2D eigenvalue weighted by atomic mass is 19.4. The van der Waals surface area contributed by atoms with E-state index in [4.69, 9.17) is 0 Å². The number of carbonyl (C=O) groups excluding carboxylic acids is 2. The summed E-state index contributed by atoms with van der Waals surface area (Å²) in [5.74, 6) is -0.552. The smallest absolute Gasteiger partial charge is 0.326 e. The molecule has 0 atom stereocenters. The first-order valence-electron chi connectivity index (χ1n) is 8.97. The molecule has 2 aromatic carbocycles. The molecule has 0 saturated carbocycles. The zero-order valence-corrected chi connectivity index (χ0v) is 16.1. The number of aryl methyl sites for hydroxylation is 2. The number of nitrogens with zero attached hydrogens (tertiary/aromatic N) is 1. The Morgan fingerprint density at radius 1 is 1.07 bits per heavy atom. The number of hydrogen-bond acceptors (Lipinski definition) is 2. The lowest BCUT2D eigenvalue weighted by Crippen LogP contribution is -2.33. The van der Waals surface area contributed by atoms with E-state index in [1.165, 1.54) is 19.1 Å². The lowest BCUT2D eigenvalue weighted by molar-refractivity contribution is -0.137. The summed E-state index contributed by atoms with van der Waals surface area (Å²) < 4.78 is 37.8. The van der Waals surface area contributed by atoms with Crippen LogP contribution in [0.5, 0.6) is 0 Å². The van der Waals surface area contributed by atoms with Gasteiger partial charge in [-0.05, 0) is 48.7 Å². The highest BCUT2D eigenvalue weighted by Crippen LogP contribution is 2.30. The fourth-order valence-electron chi connectivity index (χ4n) is 3.00. The average molecular weight is 392 g/mol. The second kappa shape index (κ2) is 8.91. The Bertz CT molecular complexity index is 846. The van der Waals surface area contributed by atoms with Crippen LogP contribution >= 0.6 is 0 Å². The van der Waals surface area contributed by atoms with E-state index in [2.05, 4.69) is 5.32 Å². The van der Waals surface area contributed by atoms with Gasteiger partial charge in [-0.2, -0.15) is 13.2 Å². The SMILES string of the molecule is CCc1cccc(C)c1N(CCC(=O)Nc1ccc(C(F)(F)F)cc1)C(C)=O. The fraction of sp³-hybridized carbons (Fsp3) is 0.333. The summed E-state index contributed by atoms with van der Waals surface area (Å²) >= 11 is 0. The van der Waals surface area contributed by atoms with Crippen molar-refractivity contribution in [2.45, 2.75) is 39.8 Å². The predicted octanol–water partition coefficient (Wildman–Crippen LogP) is 4.96. The minimum Gasteiger partial charge on any atom is -0.326 e. The molecule has 28 heavy (non-hydrogen) atoms. The number of halogens is 3. The van der Waals surface area contributed by atoms with Crippen LogP contribution in [0.15, 0.2) is 42.5 Å². The average Bonchev–Trinajstić information content (AvgIpc) is 2.62. The Morgan fingerprint density at radius 2 is 1.71 bits per heavy atom. The summed E-state index contributed by atoms with van der Waals surface area (Å²) in [6.45, 7) is 5.53. The molecule has 4 nitrogen and oxygen atoms in total. The number of alkyl halides is 3. The van der Waals surface area contributed by atoms with Gasteiger partial charge < -0.3 is 10.2 Å². The molecule has 0 aliphatic carbocycles. The van der Waals surface area contributed by atoms with Gasteiger partial charge in [-0.15, -0.1) is 0 Å². The Hall–Kier alpha value is -2.83. The van der Waals surface area contributed by atoms with E-state index < -0.39 is 11.7 Å². The highest BCUT2D eigenvalue weighted by molar-refractivity contribution is 5.95. The van der Waals surface area contributed by atoms with Gasteiger partial charge in [0.25, 0.3) is 0 Å². The van der Waals surface area contributed by atoms with Crippen molar-refractivity contribution in [1.82, 2.24) is 0 Å². The van der Waals surface area contributed by atoms with Gasteiger partial charge in [0.1, 0.15) is 0 Å². The van der Waals surface area contributed by atoms with E-state index in [9.17, 15) is 22.8 Å². The Kier molecular flexibility index (Phi) is 6.83. The van der Waals surface area contributed by atoms with E-state index in [1.54, 1.807) is 4.90 Å². The van der Waals surface area contributed by atoms with Gasteiger partial charge in [-0.3, -0.25) is 9.59 Å². The van der Waals surface area contributed by atoms with Gasteiger partial charge in [-0.1, -0.05) is 25.1 Å². The standard InChI is InChI=1S/C21H23F3N2O2/c1-4-16-7-5-6-14(2)20(16)26(15(3)27)13-12-19(28)25-18-10-8-17(9-11-18)21(22,23)24/h5-11H,4,12-13H2,1-3H3,(H,25,28). The maximum atomic E-state index is 12.6. The maximum Gasteiger partial charge on any atom is 0.416 e. The molecule has 0 radical (unpaired) electrons. The van der Waals surface area contributed by atoms with Gasteiger partial charge in [0, 0.05) is 31.3 Å². The van der Waals surface area contributed by atoms with Gasteiger partial charge >= 0.3 is 6.18 Å². The minimum absolute atomic E-state index is 0.0259. The molecule has 0 aliphatic heterocycles. The van der Waals surface area contributed by atoms with Crippen LogP contribution in [0.1, 0.15) is 37.0 Å². The lowest BCUT2D eigenvalue weighted by Gasteiger charge is -2.25. The molecule has 0 aromatic heterocycles. The van der Waals surface area contributed by atoms with E-state index in [0.29, 0.717) is 0 Å². The number of hydrogen-bond donors (Lipinski definition) is 1. The monoisotopic (exact) mass is 392 g/mol. The highest BCUT2D eigenvalue weighted by Gasteiger charge is 2.30. The molecular formula is C21H23F3N2O2. The molecule has 150 valence electrons. The number of carbonyl (C=O) groups is 2. The number of para-hydroxylation sites is 1. The van der Waals surface area contributed by atoms with Gasteiger partial charge in [0.05, 0.1) is 5.56 Å². The first kappa shape index (κ1) is 21.5. The van der Waals surface area contributed by atoms with Crippen LogP contribution in [-0.2, 0) is 22.2 Å². The van der Waals surface area contributed by atoms with Gasteiger partial charge in [-0.25, -0.2) is 0 Å². The third-order valence-corrected chi connectivity index (χ3v) is 4.41. The molecule has 7 heteroatoms. The zero-order chi connectivity index (χ0) is 20.9. The van der Waals surface area contributed by atoms with Crippen LogP contribution in [-0.4, -0.2) is 18.4 Å². The third-order valence-electron chi connectivity index (χ3n) is 4.41. The summed E-state index contributed by atoms with van der Waals surface area (Å²) in [6, 6.07) is 10.0. The van der Waals surface area contributed by atoms with Crippen LogP contribution in [0.3, 0.4) is 0 Å². The number of rotatable bonds is 6. The van der Waals surface area contributed by atoms with Crippen LogP contribution in [0.4, 0.5) is 24.5 Å². The minimum atomic E-state index is -4.42. The van der Waals surface area contributed by atoms with E-state index in [-0.39, 0.29) is 30.5 Å². The first-order valence-corrected chi connectivity index (χ1v) is 8.97. The Balaban J connectivity index is 2.06. The molecule has 0 fully saturated rings. The number of nitrogens with one attached hydrogen (secondary N) is 1. The maximum absolute atomic E-state index is 12.6. The molecule has 0 heterocycles. The summed E-state index contributed by atoms with van der Waals surface area (Å²) in [7, 11) is 0.